The Morgan fingerprint density at radius 1 is 1.27 bits per heavy atom. The maximum Gasteiger partial charge on any atom is 0.258 e. The Morgan fingerprint density at radius 3 is 2.73 bits per heavy atom. The third-order valence-corrected chi connectivity index (χ3v) is 5.40. The van der Waals surface area contributed by atoms with Crippen molar-refractivity contribution in [2.75, 3.05) is 32.9 Å². The minimum atomic E-state index is -0.311. The highest BCUT2D eigenvalue weighted by atomic mass is 16.5. The lowest BCUT2D eigenvalue weighted by Crippen LogP contribution is -3.14. The second-order valence-corrected chi connectivity index (χ2v) is 8.56. The lowest BCUT2D eigenvalue weighted by molar-refractivity contribution is -0.934. The van der Waals surface area contributed by atoms with Gasteiger partial charge in [0.2, 0.25) is 5.82 Å². The molecule has 3 aromatic rings. The molecule has 0 spiro atoms. The van der Waals surface area contributed by atoms with Crippen LogP contribution in [-0.2, 0) is 10.3 Å². The molecule has 2 aromatic heterocycles. The van der Waals surface area contributed by atoms with E-state index in [4.69, 9.17) is 9.47 Å². The van der Waals surface area contributed by atoms with Crippen molar-refractivity contribution < 1.29 is 14.4 Å². The van der Waals surface area contributed by atoms with Crippen molar-refractivity contribution in [1.29, 1.82) is 0 Å². The Balaban J connectivity index is 1.88. The maximum atomic E-state index is 13.2. The number of nitrogens with one attached hydrogen (secondary N) is 2. The summed E-state index contributed by atoms with van der Waals surface area (Å²) in [5.74, 6) is 1.46. The fraction of sp³-hybridized carbons (Fsp3) is 0.524. The van der Waals surface area contributed by atoms with Gasteiger partial charge >= 0.3 is 0 Å². The highest BCUT2D eigenvalue weighted by Gasteiger charge is 2.37. The van der Waals surface area contributed by atoms with Crippen molar-refractivity contribution in [3.8, 4) is 5.75 Å². The standard InChI is InChI=1S/C21H28N6O3/c1-5-30-15-6-7-17-14(12-15)13-16(20(28)22-17)18(26-8-10-29-11-9-26)19-23-24-25-27(19)21(2,3)4/h6-7,12-13,18H,5,8-11H2,1-4H3,(H,22,28)/p+1/t18-/m0/s1. The molecule has 1 aliphatic rings. The topological polar surface area (TPSA) is 99.4 Å². The number of quaternary nitrogens is 1. The van der Waals surface area contributed by atoms with Gasteiger partial charge in [-0.2, -0.15) is 0 Å². The highest BCUT2D eigenvalue weighted by molar-refractivity contribution is 5.80. The van der Waals surface area contributed by atoms with Gasteiger partial charge in [-0.05, 0) is 62.4 Å². The summed E-state index contributed by atoms with van der Waals surface area (Å²) in [6.45, 7) is 11.5. The molecule has 1 saturated heterocycles. The molecule has 0 radical (unpaired) electrons. The van der Waals surface area contributed by atoms with Crippen molar-refractivity contribution in [1.82, 2.24) is 25.2 Å². The second kappa shape index (κ2) is 8.16. The first-order valence-electron chi connectivity index (χ1n) is 10.4. The van der Waals surface area contributed by atoms with Gasteiger partial charge in [0.15, 0.2) is 6.04 Å². The molecule has 0 aliphatic carbocycles. The zero-order chi connectivity index (χ0) is 21.3. The van der Waals surface area contributed by atoms with Gasteiger partial charge in [-0.25, -0.2) is 4.68 Å². The van der Waals surface area contributed by atoms with Crippen LogP contribution in [0.3, 0.4) is 0 Å². The van der Waals surface area contributed by atoms with Gasteiger partial charge in [0, 0.05) is 10.9 Å². The lowest BCUT2D eigenvalue weighted by Gasteiger charge is -2.32. The molecule has 0 unspecified atom stereocenters. The van der Waals surface area contributed by atoms with E-state index in [1.807, 2.05) is 35.9 Å². The number of rotatable bonds is 5. The first-order chi connectivity index (χ1) is 14.4. The van der Waals surface area contributed by atoms with E-state index in [9.17, 15) is 4.79 Å². The first-order valence-corrected chi connectivity index (χ1v) is 10.4. The lowest BCUT2D eigenvalue weighted by atomic mass is 10.0. The molecule has 9 heteroatoms. The van der Waals surface area contributed by atoms with Crippen molar-refractivity contribution in [2.24, 2.45) is 0 Å². The van der Waals surface area contributed by atoms with Crippen LogP contribution in [0.2, 0.25) is 0 Å². The molecule has 2 N–H and O–H groups in total. The predicted octanol–water partition coefficient (Wildman–Crippen LogP) is 0.673. The van der Waals surface area contributed by atoms with Crippen LogP contribution in [0, 0.1) is 0 Å². The molecule has 1 atom stereocenters. The third kappa shape index (κ3) is 3.95. The summed E-state index contributed by atoms with van der Waals surface area (Å²) in [5.41, 5.74) is 0.986. The van der Waals surface area contributed by atoms with Crippen LogP contribution >= 0.6 is 0 Å². The van der Waals surface area contributed by atoms with E-state index < -0.39 is 0 Å². The summed E-state index contributed by atoms with van der Waals surface area (Å²) in [6, 6.07) is 7.35. The van der Waals surface area contributed by atoms with Gasteiger partial charge in [0.05, 0.1) is 30.9 Å². The number of fused-ring (bicyclic) bond motifs is 1. The quantitative estimate of drug-likeness (QED) is 0.638. The fourth-order valence-corrected chi connectivity index (χ4v) is 3.99. The zero-order valence-corrected chi connectivity index (χ0v) is 17.9. The largest absolute Gasteiger partial charge is 0.494 e. The molecule has 3 heterocycles. The fourth-order valence-electron chi connectivity index (χ4n) is 3.99. The molecule has 30 heavy (non-hydrogen) atoms. The van der Waals surface area contributed by atoms with Crippen molar-refractivity contribution >= 4 is 10.9 Å². The number of ether oxygens (including phenoxy) is 2. The highest BCUT2D eigenvalue weighted by Crippen LogP contribution is 2.24. The monoisotopic (exact) mass is 413 g/mol. The van der Waals surface area contributed by atoms with E-state index >= 15 is 0 Å². The van der Waals surface area contributed by atoms with Gasteiger partial charge < -0.3 is 19.4 Å². The predicted molar refractivity (Wildman–Crippen MR) is 112 cm³/mol. The van der Waals surface area contributed by atoms with E-state index in [1.165, 1.54) is 4.90 Å². The molecule has 9 nitrogen and oxygen atoms in total. The molecule has 0 bridgehead atoms. The Hall–Kier alpha value is -2.78. The molecule has 1 fully saturated rings. The third-order valence-electron chi connectivity index (χ3n) is 5.40. The van der Waals surface area contributed by atoms with Crippen LogP contribution in [0.4, 0.5) is 0 Å². The summed E-state index contributed by atoms with van der Waals surface area (Å²) in [4.78, 5) is 17.4. The number of morpholine rings is 1. The summed E-state index contributed by atoms with van der Waals surface area (Å²) in [5, 5.41) is 13.5. The molecular formula is C21H29N6O3+. The molecule has 160 valence electrons. The smallest absolute Gasteiger partial charge is 0.258 e. The van der Waals surface area contributed by atoms with E-state index in [0.29, 0.717) is 31.2 Å². The molecule has 0 saturated carbocycles. The van der Waals surface area contributed by atoms with Crippen LogP contribution in [0.25, 0.3) is 10.9 Å². The maximum absolute atomic E-state index is 13.2. The number of tetrazole rings is 1. The Bertz CT molecular complexity index is 1080. The van der Waals surface area contributed by atoms with Crippen LogP contribution in [-0.4, -0.2) is 58.1 Å². The number of hydrogen-bond donors (Lipinski definition) is 2. The van der Waals surface area contributed by atoms with Gasteiger partial charge in [0.25, 0.3) is 5.56 Å². The van der Waals surface area contributed by atoms with Gasteiger partial charge in [0.1, 0.15) is 18.8 Å². The average molecular weight is 414 g/mol. The van der Waals surface area contributed by atoms with Crippen molar-refractivity contribution in [3.05, 3.63) is 46.0 Å². The van der Waals surface area contributed by atoms with Gasteiger partial charge in [-0.15, -0.1) is 5.10 Å². The van der Waals surface area contributed by atoms with E-state index in [0.717, 1.165) is 29.7 Å². The minimum Gasteiger partial charge on any atom is -0.494 e. The summed E-state index contributed by atoms with van der Waals surface area (Å²) in [7, 11) is 0. The number of aromatic amines is 1. The zero-order valence-electron chi connectivity index (χ0n) is 17.9. The van der Waals surface area contributed by atoms with Crippen molar-refractivity contribution in [2.45, 2.75) is 39.3 Å². The van der Waals surface area contributed by atoms with E-state index in [1.54, 1.807) is 0 Å². The Morgan fingerprint density at radius 2 is 2.03 bits per heavy atom. The van der Waals surface area contributed by atoms with Crippen LogP contribution in [0.1, 0.15) is 45.1 Å². The number of aromatic nitrogens is 5. The van der Waals surface area contributed by atoms with Crippen molar-refractivity contribution in [3.63, 3.8) is 0 Å². The second-order valence-electron chi connectivity index (χ2n) is 8.56. The number of pyridine rings is 1. The summed E-state index contributed by atoms with van der Waals surface area (Å²) >= 11 is 0. The summed E-state index contributed by atoms with van der Waals surface area (Å²) < 4.78 is 13.0. The minimum absolute atomic E-state index is 0.126. The van der Waals surface area contributed by atoms with Crippen LogP contribution < -0.4 is 15.2 Å². The van der Waals surface area contributed by atoms with E-state index in [-0.39, 0.29) is 17.1 Å². The Labute approximate surface area is 175 Å². The first kappa shape index (κ1) is 20.5. The molecule has 1 aromatic carbocycles. The van der Waals surface area contributed by atoms with E-state index in [2.05, 4.69) is 41.3 Å². The SMILES string of the molecule is CCOc1ccc2[nH]c(=O)c([C@@H](c3nnnn3C(C)(C)C)[NH+]3CCOCC3)cc2c1. The average Bonchev–Trinajstić information content (AvgIpc) is 3.20. The number of benzene rings is 1. The molecule has 0 amide bonds. The summed E-state index contributed by atoms with van der Waals surface area (Å²) in [6.07, 6.45) is 0. The van der Waals surface area contributed by atoms with Gasteiger partial charge in [-0.1, -0.05) is 0 Å². The Kier molecular flexibility index (Phi) is 5.57. The number of hydrogen-bond acceptors (Lipinski definition) is 6. The number of H-pyrrole nitrogens is 1. The molecule has 1 aliphatic heterocycles. The number of nitrogens with zero attached hydrogens (tertiary/aromatic N) is 4. The normalized spacial score (nSPS) is 16.7. The van der Waals surface area contributed by atoms with Crippen LogP contribution in [0.15, 0.2) is 29.1 Å². The van der Waals surface area contributed by atoms with Gasteiger partial charge in [-0.3, -0.25) is 4.79 Å². The van der Waals surface area contributed by atoms with Crippen LogP contribution in [0.5, 0.6) is 5.75 Å². The molecular weight excluding hydrogens is 384 g/mol. The molecule has 4 rings (SSSR count).